The summed E-state index contributed by atoms with van der Waals surface area (Å²) in [6.45, 7) is 2.11. The molecule has 0 aliphatic carbocycles. The molecule has 0 saturated carbocycles. The van der Waals surface area contributed by atoms with Crippen LogP contribution in [0, 0.1) is 0 Å². The summed E-state index contributed by atoms with van der Waals surface area (Å²) in [6, 6.07) is 16.2. The number of amides is 1. The fourth-order valence-corrected chi connectivity index (χ4v) is 2.27. The maximum absolute atomic E-state index is 12.1. The number of nitrogens with zero attached hydrogens (tertiary/aromatic N) is 1. The molecule has 0 bridgehead atoms. The molecule has 0 fully saturated rings. The van der Waals surface area contributed by atoms with Gasteiger partial charge in [-0.1, -0.05) is 42.5 Å². The van der Waals surface area contributed by atoms with E-state index in [1.807, 2.05) is 43.3 Å². The summed E-state index contributed by atoms with van der Waals surface area (Å²) < 4.78 is 10.9. The van der Waals surface area contributed by atoms with E-state index in [-0.39, 0.29) is 19.4 Å². The second-order valence-electron chi connectivity index (χ2n) is 5.52. The minimum Gasteiger partial charge on any atom is -0.490 e. The molecule has 27 heavy (non-hydrogen) atoms. The number of carboxylic acids is 1. The van der Waals surface area contributed by atoms with Gasteiger partial charge in [-0.15, -0.1) is 0 Å². The third-order valence-electron chi connectivity index (χ3n) is 3.51. The lowest BCUT2D eigenvalue weighted by atomic mass is 10.1. The van der Waals surface area contributed by atoms with E-state index in [1.54, 1.807) is 18.2 Å². The lowest BCUT2D eigenvalue weighted by Crippen LogP contribution is -2.26. The van der Waals surface area contributed by atoms with Gasteiger partial charge in [-0.3, -0.25) is 9.59 Å². The maximum Gasteiger partial charge on any atom is 0.303 e. The maximum atomic E-state index is 12.1. The summed E-state index contributed by atoms with van der Waals surface area (Å²) in [4.78, 5) is 22.9. The molecule has 7 nitrogen and oxygen atoms in total. The van der Waals surface area contributed by atoms with Crippen molar-refractivity contribution >= 4 is 17.6 Å². The van der Waals surface area contributed by atoms with Crippen LogP contribution >= 0.6 is 0 Å². The monoisotopic (exact) mass is 370 g/mol. The van der Waals surface area contributed by atoms with Crippen molar-refractivity contribution in [3.05, 3.63) is 60.2 Å². The van der Waals surface area contributed by atoms with Crippen LogP contribution in [0.5, 0.6) is 11.5 Å². The van der Waals surface area contributed by atoms with Crippen LogP contribution in [0.15, 0.2) is 59.7 Å². The zero-order valence-corrected chi connectivity index (χ0v) is 15.1. The third kappa shape index (κ3) is 6.81. The Morgan fingerprint density at radius 3 is 2.22 bits per heavy atom. The van der Waals surface area contributed by atoms with Crippen molar-refractivity contribution in [3.8, 4) is 11.5 Å². The Bertz CT molecular complexity index is 790. The van der Waals surface area contributed by atoms with Crippen LogP contribution in [0.2, 0.25) is 0 Å². The highest BCUT2D eigenvalue weighted by Gasteiger charge is 2.10. The van der Waals surface area contributed by atoms with E-state index >= 15 is 0 Å². The van der Waals surface area contributed by atoms with E-state index in [4.69, 9.17) is 14.6 Å². The highest BCUT2D eigenvalue weighted by molar-refractivity contribution is 6.02. The van der Waals surface area contributed by atoms with E-state index in [2.05, 4.69) is 10.5 Å². The molecule has 0 spiro atoms. The number of carbonyl (C=O) groups is 2. The molecule has 0 aromatic heterocycles. The molecule has 2 rings (SSSR count). The predicted molar refractivity (Wildman–Crippen MR) is 101 cm³/mol. The van der Waals surface area contributed by atoms with Gasteiger partial charge in [0.15, 0.2) is 18.1 Å². The molecule has 0 unspecified atom stereocenters. The van der Waals surface area contributed by atoms with Gasteiger partial charge in [0.05, 0.1) is 18.7 Å². The van der Waals surface area contributed by atoms with Crippen molar-refractivity contribution in [2.75, 3.05) is 13.2 Å². The number of hydrogen-bond acceptors (Lipinski definition) is 5. The van der Waals surface area contributed by atoms with E-state index < -0.39 is 11.9 Å². The number of benzene rings is 2. The van der Waals surface area contributed by atoms with Gasteiger partial charge >= 0.3 is 5.97 Å². The molecule has 2 N–H and O–H groups in total. The summed E-state index contributed by atoms with van der Waals surface area (Å²) in [7, 11) is 0. The average molecular weight is 370 g/mol. The van der Waals surface area contributed by atoms with Gasteiger partial charge in [0.2, 0.25) is 0 Å². The van der Waals surface area contributed by atoms with E-state index in [9.17, 15) is 9.59 Å². The first kappa shape index (κ1) is 20.0. The van der Waals surface area contributed by atoms with Crippen molar-refractivity contribution in [2.24, 2.45) is 5.10 Å². The van der Waals surface area contributed by atoms with Crippen LogP contribution < -0.4 is 14.9 Å². The standard InChI is InChI=1S/C20H22N2O5/c1-2-26-17-10-6-7-11-18(17)27-14-19(23)22-21-16(12-13-20(24)25)15-8-4-3-5-9-15/h3-11H,2,12-14H2,1H3,(H,22,23)(H,24,25)/b21-16+. The molecule has 0 aliphatic heterocycles. The first-order valence-electron chi connectivity index (χ1n) is 8.57. The summed E-state index contributed by atoms with van der Waals surface area (Å²) in [5, 5.41) is 13.0. The highest BCUT2D eigenvalue weighted by atomic mass is 16.5. The molecular weight excluding hydrogens is 348 g/mol. The lowest BCUT2D eigenvalue weighted by Gasteiger charge is -2.11. The van der Waals surface area contributed by atoms with Crippen molar-refractivity contribution in [1.29, 1.82) is 0 Å². The van der Waals surface area contributed by atoms with E-state index in [1.165, 1.54) is 0 Å². The van der Waals surface area contributed by atoms with Crippen LogP contribution in [0.25, 0.3) is 0 Å². The van der Waals surface area contributed by atoms with Crippen LogP contribution in [0.3, 0.4) is 0 Å². The Labute approximate surface area is 157 Å². The molecule has 0 atom stereocenters. The quantitative estimate of drug-likeness (QED) is 0.495. The second-order valence-corrected chi connectivity index (χ2v) is 5.52. The molecule has 0 radical (unpaired) electrons. The third-order valence-corrected chi connectivity index (χ3v) is 3.51. The van der Waals surface area contributed by atoms with Crippen LogP contribution in [0.4, 0.5) is 0 Å². The number of ether oxygens (including phenoxy) is 2. The SMILES string of the molecule is CCOc1ccccc1OCC(=O)N/N=C(\CCC(=O)O)c1ccccc1. The summed E-state index contributed by atoms with van der Waals surface area (Å²) in [5.74, 6) is -0.360. The van der Waals surface area contributed by atoms with Crippen LogP contribution in [-0.4, -0.2) is 35.9 Å². The van der Waals surface area contributed by atoms with Gasteiger partial charge in [-0.05, 0) is 24.6 Å². The minimum absolute atomic E-state index is 0.0815. The molecule has 142 valence electrons. The predicted octanol–water partition coefficient (Wildman–Crippen LogP) is 2.85. The molecule has 2 aromatic rings. The second kappa shape index (κ2) is 10.6. The smallest absolute Gasteiger partial charge is 0.303 e. The number of aliphatic carboxylic acids is 1. The number of hydrazone groups is 1. The Hall–Kier alpha value is -3.35. The summed E-state index contributed by atoms with van der Waals surface area (Å²) >= 11 is 0. The van der Waals surface area contributed by atoms with Crippen molar-refractivity contribution in [2.45, 2.75) is 19.8 Å². The van der Waals surface area contributed by atoms with Gasteiger partial charge in [0.25, 0.3) is 5.91 Å². The van der Waals surface area contributed by atoms with Gasteiger partial charge in [-0.25, -0.2) is 5.43 Å². The normalized spacial score (nSPS) is 10.9. The van der Waals surface area contributed by atoms with Crippen LogP contribution in [-0.2, 0) is 9.59 Å². The minimum atomic E-state index is -0.930. The Morgan fingerprint density at radius 2 is 1.59 bits per heavy atom. The molecule has 1 amide bonds. The zero-order chi connectivity index (χ0) is 19.5. The largest absolute Gasteiger partial charge is 0.490 e. The molecule has 7 heteroatoms. The van der Waals surface area contributed by atoms with Crippen molar-refractivity contribution < 1.29 is 24.2 Å². The number of carbonyl (C=O) groups excluding carboxylic acids is 1. The number of para-hydroxylation sites is 2. The first-order valence-corrected chi connectivity index (χ1v) is 8.57. The number of carboxylic acid groups (broad SMARTS) is 1. The van der Waals surface area contributed by atoms with Gasteiger partial charge in [-0.2, -0.15) is 5.10 Å². The summed E-state index contributed by atoms with van der Waals surface area (Å²) in [5.41, 5.74) is 3.66. The van der Waals surface area contributed by atoms with E-state index in [0.717, 1.165) is 5.56 Å². The molecule has 0 aliphatic rings. The average Bonchev–Trinajstić information content (AvgIpc) is 2.68. The topological polar surface area (TPSA) is 97.2 Å². The van der Waals surface area contributed by atoms with Crippen molar-refractivity contribution in [1.82, 2.24) is 5.43 Å². The lowest BCUT2D eigenvalue weighted by molar-refractivity contribution is -0.136. The molecule has 0 heterocycles. The number of rotatable bonds is 10. The number of hydrogen-bond donors (Lipinski definition) is 2. The molecular formula is C20H22N2O5. The van der Waals surface area contributed by atoms with Gasteiger partial charge in [0.1, 0.15) is 0 Å². The zero-order valence-electron chi connectivity index (χ0n) is 15.1. The Balaban J connectivity index is 1.98. The Morgan fingerprint density at radius 1 is 0.963 bits per heavy atom. The van der Waals surface area contributed by atoms with Gasteiger partial charge in [0, 0.05) is 6.42 Å². The van der Waals surface area contributed by atoms with Crippen molar-refractivity contribution in [3.63, 3.8) is 0 Å². The van der Waals surface area contributed by atoms with E-state index in [0.29, 0.717) is 23.8 Å². The fourth-order valence-electron chi connectivity index (χ4n) is 2.27. The molecule has 2 aromatic carbocycles. The Kier molecular flexibility index (Phi) is 7.84. The molecule has 0 saturated heterocycles. The first-order chi connectivity index (χ1) is 13.1. The highest BCUT2D eigenvalue weighted by Crippen LogP contribution is 2.26. The van der Waals surface area contributed by atoms with Gasteiger partial charge < -0.3 is 14.6 Å². The summed E-state index contributed by atoms with van der Waals surface area (Å²) in [6.07, 6.45) is 0.121. The fraction of sp³-hybridized carbons (Fsp3) is 0.250. The van der Waals surface area contributed by atoms with Crippen LogP contribution in [0.1, 0.15) is 25.3 Å². The number of nitrogens with one attached hydrogen (secondary N) is 1.